The summed E-state index contributed by atoms with van der Waals surface area (Å²) < 4.78 is 10.8. The van der Waals surface area contributed by atoms with E-state index in [1.54, 1.807) is 6.92 Å². The second-order valence-electron chi connectivity index (χ2n) is 6.58. The molecule has 6 nitrogen and oxygen atoms in total. The Balaban J connectivity index is 1.55. The lowest BCUT2D eigenvalue weighted by atomic mass is 9.87. The zero-order valence-electron chi connectivity index (χ0n) is 12.3. The van der Waals surface area contributed by atoms with Gasteiger partial charge in [0.15, 0.2) is 5.82 Å². The number of ether oxygens (including phenoxy) is 1. The third-order valence-corrected chi connectivity index (χ3v) is 5.30. The number of hydrogen-bond acceptors (Lipinski definition) is 5. The summed E-state index contributed by atoms with van der Waals surface area (Å²) in [6.07, 6.45) is 4.83. The van der Waals surface area contributed by atoms with Gasteiger partial charge in [0.1, 0.15) is 6.04 Å². The molecule has 1 aliphatic heterocycles. The summed E-state index contributed by atoms with van der Waals surface area (Å²) in [5.74, 6) is 2.94. The van der Waals surface area contributed by atoms with Crippen molar-refractivity contribution >= 4 is 5.91 Å². The van der Waals surface area contributed by atoms with Crippen LogP contribution >= 0.6 is 0 Å². The Hall–Kier alpha value is -1.43. The quantitative estimate of drug-likeness (QED) is 0.830. The van der Waals surface area contributed by atoms with Crippen LogP contribution in [0.4, 0.5) is 0 Å². The van der Waals surface area contributed by atoms with Crippen molar-refractivity contribution < 1.29 is 14.1 Å². The maximum absolute atomic E-state index is 13.0. The molecule has 21 heavy (non-hydrogen) atoms. The van der Waals surface area contributed by atoms with Crippen LogP contribution in [0.25, 0.3) is 0 Å². The summed E-state index contributed by atoms with van der Waals surface area (Å²) in [6, 6.07) is -0.216. The zero-order chi connectivity index (χ0) is 14.4. The molecule has 1 aromatic rings. The van der Waals surface area contributed by atoms with E-state index in [1.807, 2.05) is 4.90 Å². The molecule has 1 saturated heterocycles. The largest absolute Gasteiger partial charge is 0.377 e. The summed E-state index contributed by atoms with van der Waals surface area (Å²) in [4.78, 5) is 19.2. The Morgan fingerprint density at radius 1 is 1.33 bits per heavy atom. The smallest absolute Gasteiger partial charge is 0.251 e. The fourth-order valence-electron chi connectivity index (χ4n) is 4.28. The van der Waals surface area contributed by atoms with Crippen LogP contribution in [0.1, 0.15) is 43.4 Å². The molecular weight excluding hydrogens is 270 g/mol. The maximum atomic E-state index is 13.0. The molecule has 0 radical (unpaired) electrons. The number of carbonyl (C=O) groups excluding carboxylic acids is 1. The second kappa shape index (κ2) is 5.09. The fraction of sp³-hybridized carbons (Fsp3) is 0.800. The molecule has 1 amide bonds. The monoisotopic (exact) mass is 291 g/mol. The molecule has 2 heterocycles. The van der Waals surface area contributed by atoms with Crippen molar-refractivity contribution in [3.8, 4) is 0 Å². The van der Waals surface area contributed by atoms with E-state index in [0.717, 1.165) is 12.3 Å². The van der Waals surface area contributed by atoms with Crippen molar-refractivity contribution in [3.05, 3.63) is 11.7 Å². The van der Waals surface area contributed by atoms with Gasteiger partial charge in [0.2, 0.25) is 5.91 Å². The standard InChI is InChI=1S/C15H21N3O3/c1-9-16-14(21-17-9)13-8-20-5-4-18(13)15(19)12-7-10-2-3-11(12)6-10/h10-13H,2-8H2,1H3/t10-,11-,12+,13+/m0/s1. The van der Waals surface area contributed by atoms with Crippen LogP contribution < -0.4 is 0 Å². The molecule has 4 atom stereocenters. The lowest BCUT2D eigenvalue weighted by Gasteiger charge is -2.36. The predicted octanol–water partition coefficient (Wildman–Crippen LogP) is 1.71. The Morgan fingerprint density at radius 2 is 2.24 bits per heavy atom. The van der Waals surface area contributed by atoms with Gasteiger partial charge in [0.05, 0.1) is 13.2 Å². The summed E-state index contributed by atoms with van der Waals surface area (Å²) >= 11 is 0. The highest BCUT2D eigenvalue weighted by atomic mass is 16.5. The van der Waals surface area contributed by atoms with Crippen molar-refractivity contribution in [1.29, 1.82) is 0 Å². The van der Waals surface area contributed by atoms with Crippen LogP contribution in [-0.4, -0.2) is 40.7 Å². The van der Waals surface area contributed by atoms with Crippen molar-refractivity contribution in [2.24, 2.45) is 17.8 Å². The fourth-order valence-corrected chi connectivity index (χ4v) is 4.28. The van der Waals surface area contributed by atoms with Gasteiger partial charge in [0.25, 0.3) is 5.89 Å². The minimum Gasteiger partial charge on any atom is -0.377 e. The number of morpholine rings is 1. The molecule has 114 valence electrons. The number of carbonyl (C=O) groups is 1. The average Bonchev–Trinajstić information content (AvgIpc) is 3.22. The van der Waals surface area contributed by atoms with Gasteiger partial charge in [-0.1, -0.05) is 11.6 Å². The second-order valence-corrected chi connectivity index (χ2v) is 6.58. The molecule has 1 aromatic heterocycles. The van der Waals surface area contributed by atoms with E-state index in [4.69, 9.17) is 9.26 Å². The number of hydrogen-bond donors (Lipinski definition) is 0. The minimum absolute atomic E-state index is 0.202. The SMILES string of the molecule is Cc1noc([C@H]2COCCN2C(=O)[C@@H]2C[C@H]3CC[C@H]2C3)n1. The summed E-state index contributed by atoms with van der Waals surface area (Å²) in [5, 5.41) is 3.84. The number of aryl methyl sites for hydroxylation is 1. The van der Waals surface area contributed by atoms with E-state index < -0.39 is 0 Å². The first kappa shape index (κ1) is 13.2. The van der Waals surface area contributed by atoms with E-state index in [-0.39, 0.29) is 17.9 Å². The lowest BCUT2D eigenvalue weighted by Crippen LogP contribution is -2.47. The highest BCUT2D eigenvalue weighted by Gasteiger charge is 2.46. The van der Waals surface area contributed by atoms with E-state index in [9.17, 15) is 4.79 Å². The molecule has 4 rings (SSSR count). The lowest BCUT2D eigenvalue weighted by molar-refractivity contribution is -0.147. The summed E-state index contributed by atoms with van der Waals surface area (Å²) in [7, 11) is 0. The predicted molar refractivity (Wildman–Crippen MR) is 73.2 cm³/mol. The first-order chi connectivity index (χ1) is 10.2. The first-order valence-electron chi connectivity index (χ1n) is 7.91. The van der Waals surface area contributed by atoms with Gasteiger partial charge >= 0.3 is 0 Å². The molecule has 3 aliphatic rings. The average molecular weight is 291 g/mol. The third kappa shape index (κ3) is 2.25. The highest BCUT2D eigenvalue weighted by molar-refractivity contribution is 5.80. The molecule has 0 N–H and O–H groups in total. The Bertz CT molecular complexity index is 544. The van der Waals surface area contributed by atoms with Crippen molar-refractivity contribution in [3.63, 3.8) is 0 Å². The molecule has 2 aliphatic carbocycles. The van der Waals surface area contributed by atoms with Crippen LogP contribution in [0.3, 0.4) is 0 Å². The van der Waals surface area contributed by atoms with Crippen LogP contribution in [0.5, 0.6) is 0 Å². The van der Waals surface area contributed by atoms with E-state index in [1.165, 1.54) is 19.3 Å². The molecule has 2 bridgehead atoms. The number of amides is 1. The van der Waals surface area contributed by atoms with Gasteiger partial charge in [-0.3, -0.25) is 4.79 Å². The molecular formula is C15H21N3O3. The number of nitrogens with zero attached hydrogens (tertiary/aromatic N) is 3. The number of fused-ring (bicyclic) bond motifs is 2. The highest BCUT2D eigenvalue weighted by Crippen LogP contribution is 2.49. The third-order valence-electron chi connectivity index (χ3n) is 5.30. The van der Waals surface area contributed by atoms with Crippen LogP contribution in [0.2, 0.25) is 0 Å². The van der Waals surface area contributed by atoms with Gasteiger partial charge in [-0.2, -0.15) is 4.98 Å². The van der Waals surface area contributed by atoms with Crippen molar-refractivity contribution in [2.45, 2.75) is 38.6 Å². The van der Waals surface area contributed by atoms with Crippen LogP contribution in [0, 0.1) is 24.7 Å². The Labute approximate surface area is 123 Å². The van der Waals surface area contributed by atoms with Crippen molar-refractivity contribution in [1.82, 2.24) is 15.0 Å². The van der Waals surface area contributed by atoms with Crippen LogP contribution in [-0.2, 0) is 9.53 Å². The summed E-state index contributed by atoms with van der Waals surface area (Å²) in [5.41, 5.74) is 0. The Morgan fingerprint density at radius 3 is 2.90 bits per heavy atom. The number of rotatable bonds is 2. The normalized spacial score (nSPS) is 35.4. The topological polar surface area (TPSA) is 68.5 Å². The minimum atomic E-state index is -0.216. The molecule has 2 saturated carbocycles. The molecule has 3 fully saturated rings. The summed E-state index contributed by atoms with van der Waals surface area (Å²) in [6.45, 7) is 3.46. The maximum Gasteiger partial charge on any atom is 0.251 e. The first-order valence-corrected chi connectivity index (χ1v) is 7.91. The molecule has 0 spiro atoms. The van der Waals surface area contributed by atoms with Crippen LogP contribution in [0.15, 0.2) is 4.52 Å². The zero-order valence-corrected chi connectivity index (χ0v) is 12.3. The molecule has 0 aromatic carbocycles. The van der Waals surface area contributed by atoms with E-state index in [2.05, 4.69) is 10.1 Å². The van der Waals surface area contributed by atoms with Gasteiger partial charge in [-0.15, -0.1) is 0 Å². The van der Waals surface area contributed by atoms with Gasteiger partial charge in [-0.25, -0.2) is 0 Å². The van der Waals surface area contributed by atoms with Crippen molar-refractivity contribution in [2.75, 3.05) is 19.8 Å². The molecule has 0 unspecified atom stereocenters. The molecule has 6 heteroatoms. The number of aromatic nitrogens is 2. The van der Waals surface area contributed by atoms with Gasteiger partial charge < -0.3 is 14.2 Å². The van der Waals surface area contributed by atoms with Gasteiger partial charge in [0, 0.05) is 12.5 Å². The van der Waals surface area contributed by atoms with E-state index >= 15 is 0 Å². The Kier molecular flexibility index (Phi) is 3.21. The van der Waals surface area contributed by atoms with Gasteiger partial charge in [-0.05, 0) is 38.0 Å². The van der Waals surface area contributed by atoms with E-state index in [0.29, 0.717) is 37.4 Å².